The molecule has 0 radical (unpaired) electrons. The van der Waals surface area contributed by atoms with E-state index < -0.39 is 0 Å². The molecule has 0 bridgehead atoms. The van der Waals surface area contributed by atoms with Crippen molar-refractivity contribution in [1.82, 2.24) is 4.98 Å². The smallest absolute Gasteiger partial charge is 0.123 e. The minimum Gasteiger partial charge on any atom is -0.244 e. The number of hydrogen-bond donors (Lipinski definition) is 0. The summed E-state index contributed by atoms with van der Waals surface area (Å²) in [7, 11) is 0. The molecule has 66 valence electrons. The maximum Gasteiger partial charge on any atom is 0.123 e. The quantitative estimate of drug-likeness (QED) is 0.677. The first kappa shape index (κ1) is 8.38. The molecule has 1 aromatic carbocycles. The van der Waals surface area contributed by atoms with E-state index in [-0.39, 0.29) is 5.82 Å². The molecule has 13 heavy (non-hydrogen) atoms. The average molecular weight is 193 g/mol. The Bertz CT molecular complexity index is 405. The fourth-order valence-corrected chi connectivity index (χ4v) is 1.85. The zero-order chi connectivity index (χ0) is 9.26. The predicted octanol–water partition coefficient (Wildman–Crippen LogP) is 3.26. The third-order valence-corrected chi connectivity index (χ3v) is 2.67. The zero-order valence-electron chi connectivity index (χ0n) is 7.12. The standard InChI is InChI=1S/C10H8FNS/c1-7-6-12-10(13-7)8-2-4-9(11)5-3-8/h2-6H,1H3. The first-order chi connectivity index (χ1) is 6.25. The van der Waals surface area contributed by atoms with Gasteiger partial charge in [0.05, 0.1) is 0 Å². The van der Waals surface area contributed by atoms with Gasteiger partial charge < -0.3 is 0 Å². The highest BCUT2D eigenvalue weighted by Crippen LogP contribution is 2.24. The highest BCUT2D eigenvalue weighted by atomic mass is 32.1. The van der Waals surface area contributed by atoms with Gasteiger partial charge >= 0.3 is 0 Å². The topological polar surface area (TPSA) is 12.9 Å². The molecule has 0 saturated carbocycles. The van der Waals surface area contributed by atoms with Crippen LogP contribution in [0.5, 0.6) is 0 Å². The van der Waals surface area contributed by atoms with Crippen molar-refractivity contribution in [1.29, 1.82) is 0 Å². The Balaban J connectivity index is 2.41. The van der Waals surface area contributed by atoms with Gasteiger partial charge in [-0.1, -0.05) is 0 Å². The molecule has 1 heterocycles. The molecule has 3 heteroatoms. The van der Waals surface area contributed by atoms with Gasteiger partial charge in [0, 0.05) is 16.6 Å². The molecule has 0 aliphatic rings. The van der Waals surface area contributed by atoms with Crippen LogP contribution < -0.4 is 0 Å². The zero-order valence-corrected chi connectivity index (χ0v) is 7.94. The molecule has 1 aromatic heterocycles. The maximum atomic E-state index is 12.6. The number of aromatic nitrogens is 1. The number of nitrogens with zero attached hydrogens (tertiary/aromatic N) is 1. The van der Waals surface area contributed by atoms with Gasteiger partial charge in [-0.15, -0.1) is 11.3 Å². The van der Waals surface area contributed by atoms with Gasteiger partial charge in [0.25, 0.3) is 0 Å². The van der Waals surface area contributed by atoms with E-state index in [1.54, 1.807) is 23.5 Å². The minimum atomic E-state index is -0.211. The van der Waals surface area contributed by atoms with Crippen LogP contribution in [0, 0.1) is 12.7 Å². The summed E-state index contributed by atoms with van der Waals surface area (Å²) in [5.41, 5.74) is 0.972. The van der Waals surface area contributed by atoms with Gasteiger partial charge in [-0.25, -0.2) is 9.37 Å². The Kier molecular flexibility index (Phi) is 2.10. The van der Waals surface area contributed by atoms with Crippen LogP contribution in [0.2, 0.25) is 0 Å². The molecule has 0 aliphatic carbocycles. The molecule has 2 aromatic rings. The van der Waals surface area contributed by atoms with Crippen LogP contribution in [-0.4, -0.2) is 4.98 Å². The monoisotopic (exact) mass is 193 g/mol. The van der Waals surface area contributed by atoms with E-state index in [1.165, 1.54) is 17.0 Å². The summed E-state index contributed by atoms with van der Waals surface area (Å²) in [4.78, 5) is 5.38. The van der Waals surface area contributed by atoms with Crippen LogP contribution in [0.1, 0.15) is 4.88 Å². The van der Waals surface area contributed by atoms with Crippen molar-refractivity contribution in [3.63, 3.8) is 0 Å². The van der Waals surface area contributed by atoms with Crippen LogP contribution in [0.25, 0.3) is 10.6 Å². The highest BCUT2D eigenvalue weighted by Gasteiger charge is 2.01. The lowest BCUT2D eigenvalue weighted by Gasteiger charge is -1.94. The van der Waals surface area contributed by atoms with Crippen LogP contribution in [0.15, 0.2) is 30.5 Å². The molecule has 1 nitrogen and oxygen atoms in total. The summed E-state index contributed by atoms with van der Waals surface area (Å²) in [6, 6.07) is 6.39. The molecule has 0 unspecified atom stereocenters. The minimum absolute atomic E-state index is 0.211. The fourth-order valence-electron chi connectivity index (χ4n) is 1.08. The second-order valence-electron chi connectivity index (χ2n) is 2.78. The SMILES string of the molecule is Cc1cnc(-c2ccc(F)cc2)s1. The molecular formula is C10H8FNS. The summed E-state index contributed by atoms with van der Waals surface area (Å²) < 4.78 is 12.6. The van der Waals surface area contributed by atoms with E-state index in [0.717, 1.165) is 10.6 Å². The Morgan fingerprint density at radius 2 is 1.92 bits per heavy atom. The van der Waals surface area contributed by atoms with Gasteiger partial charge in [-0.3, -0.25) is 0 Å². The number of rotatable bonds is 1. The van der Waals surface area contributed by atoms with Gasteiger partial charge in [0.1, 0.15) is 10.8 Å². The largest absolute Gasteiger partial charge is 0.244 e. The van der Waals surface area contributed by atoms with Gasteiger partial charge in [0.2, 0.25) is 0 Å². The summed E-state index contributed by atoms with van der Waals surface area (Å²) in [5, 5.41) is 0.942. The maximum absolute atomic E-state index is 12.6. The van der Waals surface area contributed by atoms with Gasteiger partial charge in [-0.05, 0) is 31.2 Å². The van der Waals surface area contributed by atoms with E-state index in [0.29, 0.717) is 0 Å². The van der Waals surface area contributed by atoms with Gasteiger partial charge in [-0.2, -0.15) is 0 Å². The van der Waals surface area contributed by atoms with Crippen molar-refractivity contribution in [2.45, 2.75) is 6.92 Å². The lowest BCUT2D eigenvalue weighted by molar-refractivity contribution is 0.628. The summed E-state index contributed by atoms with van der Waals surface area (Å²) in [5.74, 6) is -0.211. The summed E-state index contributed by atoms with van der Waals surface area (Å²) in [6.45, 7) is 2.00. The fraction of sp³-hybridized carbons (Fsp3) is 0.100. The van der Waals surface area contributed by atoms with Crippen molar-refractivity contribution in [2.24, 2.45) is 0 Å². The molecule has 0 saturated heterocycles. The number of thiazole rings is 1. The van der Waals surface area contributed by atoms with E-state index in [4.69, 9.17) is 0 Å². The summed E-state index contributed by atoms with van der Waals surface area (Å²) >= 11 is 1.61. The Morgan fingerprint density at radius 3 is 2.46 bits per heavy atom. The number of benzene rings is 1. The van der Waals surface area contributed by atoms with E-state index in [9.17, 15) is 4.39 Å². The van der Waals surface area contributed by atoms with Crippen LogP contribution >= 0.6 is 11.3 Å². The molecule has 0 fully saturated rings. The Labute approximate surface area is 79.9 Å². The lowest BCUT2D eigenvalue weighted by Crippen LogP contribution is -1.76. The molecule has 0 atom stereocenters. The highest BCUT2D eigenvalue weighted by molar-refractivity contribution is 7.14. The van der Waals surface area contributed by atoms with Crippen molar-refractivity contribution in [3.8, 4) is 10.6 Å². The number of hydrogen-bond acceptors (Lipinski definition) is 2. The second kappa shape index (κ2) is 3.26. The van der Waals surface area contributed by atoms with Crippen LogP contribution in [-0.2, 0) is 0 Å². The van der Waals surface area contributed by atoms with Gasteiger partial charge in [0.15, 0.2) is 0 Å². The average Bonchev–Trinajstić information content (AvgIpc) is 2.53. The lowest BCUT2D eigenvalue weighted by atomic mass is 10.2. The van der Waals surface area contributed by atoms with Crippen molar-refractivity contribution >= 4 is 11.3 Å². The first-order valence-corrected chi connectivity index (χ1v) is 4.76. The molecule has 0 spiro atoms. The van der Waals surface area contributed by atoms with Crippen molar-refractivity contribution in [2.75, 3.05) is 0 Å². The van der Waals surface area contributed by atoms with E-state index >= 15 is 0 Å². The Morgan fingerprint density at radius 1 is 1.23 bits per heavy atom. The first-order valence-electron chi connectivity index (χ1n) is 3.94. The van der Waals surface area contributed by atoms with Crippen LogP contribution in [0.3, 0.4) is 0 Å². The molecule has 2 rings (SSSR count). The van der Waals surface area contributed by atoms with E-state index in [2.05, 4.69) is 4.98 Å². The molecular weight excluding hydrogens is 185 g/mol. The second-order valence-corrected chi connectivity index (χ2v) is 4.02. The number of aryl methyl sites for hydroxylation is 1. The molecule has 0 N–H and O–H groups in total. The molecule has 0 aliphatic heterocycles. The van der Waals surface area contributed by atoms with Crippen molar-refractivity contribution in [3.05, 3.63) is 41.2 Å². The molecule has 0 amide bonds. The number of halogens is 1. The van der Waals surface area contributed by atoms with E-state index in [1.807, 2.05) is 13.1 Å². The predicted molar refractivity (Wildman–Crippen MR) is 52.2 cm³/mol. The van der Waals surface area contributed by atoms with Crippen molar-refractivity contribution < 1.29 is 4.39 Å². The third kappa shape index (κ3) is 1.75. The third-order valence-electron chi connectivity index (χ3n) is 1.71. The normalized spacial score (nSPS) is 10.3. The summed E-state index contributed by atoms with van der Waals surface area (Å²) in [6.07, 6.45) is 1.82. The van der Waals surface area contributed by atoms with Crippen LogP contribution in [0.4, 0.5) is 4.39 Å². The Hall–Kier alpha value is -1.22.